The van der Waals surface area contributed by atoms with Crippen LogP contribution in [-0.4, -0.2) is 65.2 Å². The van der Waals surface area contributed by atoms with Gasteiger partial charge in [0.25, 0.3) is 0 Å². The molecule has 0 atom stereocenters. The van der Waals surface area contributed by atoms with E-state index in [-0.39, 0.29) is 36.1 Å². The van der Waals surface area contributed by atoms with Gasteiger partial charge in [-0.15, -0.1) is 24.0 Å². The number of ether oxygens (including phenoxy) is 1. The number of aromatic amines is 1. The highest BCUT2D eigenvalue weighted by Gasteiger charge is 2.34. The number of para-hydroxylation sites is 2. The fourth-order valence-electron chi connectivity index (χ4n) is 2.86. The first kappa shape index (κ1) is 22.3. The summed E-state index contributed by atoms with van der Waals surface area (Å²) in [6.07, 6.45) is 0.498. The number of fused-ring (bicyclic) bond motifs is 1. The third-order valence-corrected chi connectivity index (χ3v) is 4.19. The van der Waals surface area contributed by atoms with Crippen LogP contribution < -0.4 is 10.6 Å². The van der Waals surface area contributed by atoms with Crippen molar-refractivity contribution in [2.75, 3.05) is 26.7 Å². The molecule has 1 aromatic carbocycles. The SMILES string of the molecule is CN=C(NCCc1nc2ccccc2[nH]1)NC1CN(C(=O)OC(C)(C)C)C1.I. The van der Waals surface area contributed by atoms with Crippen molar-refractivity contribution in [1.29, 1.82) is 0 Å². The van der Waals surface area contributed by atoms with E-state index < -0.39 is 5.60 Å². The molecule has 1 fully saturated rings. The summed E-state index contributed by atoms with van der Waals surface area (Å²) in [6.45, 7) is 7.54. The van der Waals surface area contributed by atoms with E-state index in [0.29, 0.717) is 19.6 Å². The number of amides is 1. The molecule has 2 heterocycles. The number of hydrogen-bond acceptors (Lipinski definition) is 4. The second kappa shape index (κ2) is 9.44. The predicted molar refractivity (Wildman–Crippen MR) is 121 cm³/mol. The smallest absolute Gasteiger partial charge is 0.410 e. The number of guanidine groups is 1. The van der Waals surface area contributed by atoms with E-state index in [1.807, 2.05) is 45.0 Å². The van der Waals surface area contributed by atoms with Crippen LogP contribution in [0.4, 0.5) is 4.79 Å². The summed E-state index contributed by atoms with van der Waals surface area (Å²) in [6, 6.07) is 8.17. The zero-order valence-electron chi connectivity index (χ0n) is 16.8. The minimum Gasteiger partial charge on any atom is -0.444 e. The zero-order chi connectivity index (χ0) is 19.4. The van der Waals surface area contributed by atoms with Crippen molar-refractivity contribution in [1.82, 2.24) is 25.5 Å². The molecule has 1 saturated heterocycles. The Hall–Kier alpha value is -2.04. The van der Waals surface area contributed by atoms with E-state index in [1.165, 1.54) is 0 Å². The van der Waals surface area contributed by atoms with E-state index in [0.717, 1.165) is 29.2 Å². The average molecular weight is 500 g/mol. The highest BCUT2D eigenvalue weighted by atomic mass is 127. The first-order valence-electron chi connectivity index (χ1n) is 9.23. The summed E-state index contributed by atoms with van der Waals surface area (Å²) >= 11 is 0. The molecule has 154 valence electrons. The third kappa shape index (κ3) is 5.98. The molecular weight excluding hydrogens is 471 g/mol. The quantitative estimate of drug-likeness (QED) is 0.341. The number of hydrogen-bond donors (Lipinski definition) is 3. The van der Waals surface area contributed by atoms with Crippen molar-refractivity contribution in [3.05, 3.63) is 30.1 Å². The molecule has 3 rings (SSSR count). The highest BCUT2D eigenvalue weighted by Crippen LogP contribution is 2.15. The summed E-state index contributed by atoms with van der Waals surface area (Å²) in [4.78, 5) is 25.8. The molecule has 2 aromatic rings. The van der Waals surface area contributed by atoms with Gasteiger partial charge in [-0.2, -0.15) is 0 Å². The molecule has 1 aliphatic heterocycles. The molecule has 0 bridgehead atoms. The van der Waals surface area contributed by atoms with Crippen molar-refractivity contribution in [2.24, 2.45) is 4.99 Å². The lowest BCUT2D eigenvalue weighted by Crippen LogP contribution is -2.63. The lowest BCUT2D eigenvalue weighted by atomic mass is 10.1. The number of aromatic nitrogens is 2. The normalized spacial score (nSPS) is 15.0. The molecule has 1 aliphatic rings. The van der Waals surface area contributed by atoms with Crippen molar-refractivity contribution in [2.45, 2.75) is 38.8 Å². The number of imidazole rings is 1. The Kier molecular flexibility index (Phi) is 7.50. The van der Waals surface area contributed by atoms with Gasteiger partial charge in [-0.1, -0.05) is 12.1 Å². The number of carbonyl (C=O) groups excluding carboxylic acids is 1. The van der Waals surface area contributed by atoms with E-state index in [9.17, 15) is 4.79 Å². The topological polar surface area (TPSA) is 94.6 Å². The minimum absolute atomic E-state index is 0. The number of benzene rings is 1. The zero-order valence-corrected chi connectivity index (χ0v) is 19.1. The monoisotopic (exact) mass is 500 g/mol. The number of nitrogens with zero attached hydrogens (tertiary/aromatic N) is 3. The number of H-pyrrole nitrogens is 1. The molecular formula is C19H29IN6O2. The van der Waals surface area contributed by atoms with Gasteiger partial charge in [0.15, 0.2) is 5.96 Å². The molecule has 0 saturated carbocycles. The number of aliphatic imine (C=N–C) groups is 1. The number of halogens is 1. The Morgan fingerprint density at radius 3 is 2.71 bits per heavy atom. The summed E-state index contributed by atoms with van der Waals surface area (Å²) in [5, 5.41) is 6.61. The van der Waals surface area contributed by atoms with Gasteiger partial charge in [0.05, 0.1) is 17.1 Å². The van der Waals surface area contributed by atoms with E-state index in [4.69, 9.17) is 4.74 Å². The maximum Gasteiger partial charge on any atom is 0.410 e. The molecule has 3 N–H and O–H groups in total. The molecule has 9 heteroatoms. The van der Waals surface area contributed by atoms with Crippen molar-refractivity contribution in [3.63, 3.8) is 0 Å². The Labute approximate surface area is 182 Å². The predicted octanol–water partition coefficient (Wildman–Crippen LogP) is 2.51. The van der Waals surface area contributed by atoms with Gasteiger partial charge < -0.3 is 25.3 Å². The molecule has 0 spiro atoms. The second-order valence-corrected chi connectivity index (χ2v) is 7.68. The largest absolute Gasteiger partial charge is 0.444 e. The molecule has 1 aromatic heterocycles. The lowest BCUT2D eigenvalue weighted by molar-refractivity contribution is 0.00701. The van der Waals surface area contributed by atoms with Crippen LogP contribution in [0.3, 0.4) is 0 Å². The van der Waals surface area contributed by atoms with Gasteiger partial charge >= 0.3 is 6.09 Å². The van der Waals surface area contributed by atoms with Gasteiger partial charge in [-0.05, 0) is 32.9 Å². The van der Waals surface area contributed by atoms with E-state index >= 15 is 0 Å². The molecule has 0 unspecified atom stereocenters. The van der Waals surface area contributed by atoms with Crippen LogP contribution >= 0.6 is 24.0 Å². The fourth-order valence-corrected chi connectivity index (χ4v) is 2.86. The Bertz CT molecular complexity index is 790. The van der Waals surface area contributed by atoms with Gasteiger partial charge in [-0.25, -0.2) is 9.78 Å². The maximum atomic E-state index is 12.0. The van der Waals surface area contributed by atoms with Crippen LogP contribution in [0, 0.1) is 0 Å². The first-order chi connectivity index (χ1) is 12.8. The summed E-state index contributed by atoms with van der Waals surface area (Å²) < 4.78 is 5.36. The van der Waals surface area contributed by atoms with Crippen LogP contribution in [-0.2, 0) is 11.2 Å². The van der Waals surface area contributed by atoms with Gasteiger partial charge in [0, 0.05) is 33.1 Å². The average Bonchev–Trinajstić information content (AvgIpc) is 2.96. The van der Waals surface area contributed by atoms with Crippen molar-refractivity contribution < 1.29 is 9.53 Å². The second-order valence-electron chi connectivity index (χ2n) is 7.68. The standard InChI is InChI=1S/C19H28N6O2.HI/c1-19(2,3)27-18(26)25-11-13(12-25)22-17(20-4)21-10-9-16-23-14-7-5-6-8-15(14)24-16;/h5-8,13H,9-12H2,1-4H3,(H,23,24)(H2,20,21,22);1H. The first-order valence-corrected chi connectivity index (χ1v) is 9.23. The summed E-state index contributed by atoms with van der Waals surface area (Å²) in [5.41, 5.74) is 1.56. The van der Waals surface area contributed by atoms with E-state index in [2.05, 4.69) is 25.6 Å². The molecule has 0 radical (unpaired) electrons. The number of nitrogens with one attached hydrogen (secondary N) is 3. The maximum absolute atomic E-state index is 12.0. The fraction of sp³-hybridized carbons (Fsp3) is 0.526. The van der Waals surface area contributed by atoms with Crippen molar-refractivity contribution in [3.8, 4) is 0 Å². The summed E-state index contributed by atoms with van der Waals surface area (Å²) in [7, 11) is 1.74. The minimum atomic E-state index is -0.468. The molecule has 8 nitrogen and oxygen atoms in total. The van der Waals surface area contributed by atoms with Gasteiger partial charge in [-0.3, -0.25) is 4.99 Å². The Balaban J connectivity index is 0.00000280. The highest BCUT2D eigenvalue weighted by molar-refractivity contribution is 14.0. The van der Waals surface area contributed by atoms with Gasteiger partial charge in [0.2, 0.25) is 0 Å². The van der Waals surface area contributed by atoms with Crippen LogP contribution in [0.25, 0.3) is 11.0 Å². The third-order valence-electron chi connectivity index (χ3n) is 4.19. The van der Waals surface area contributed by atoms with Crippen LogP contribution in [0.1, 0.15) is 26.6 Å². The van der Waals surface area contributed by atoms with Crippen LogP contribution in [0.15, 0.2) is 29.3 Å². The van der Waals surface area contributed by atoms with Crippen LogP contribution in [0.2, 0.25) is 0 Å². The van der Waals surface area contributed by atoms with Crippen LogP contribution in [0.5, 0.6) is 0 Å². The van der Waals surface area contributed by atoms with E-state index in [1.54, 1.807) is 11.9 Å². The molecule has 28 heavy (non-hydrogen) atoms. The number of likely N-dealkylation sites (tertiary alicyclic amines) is 1. The number of rotatable bonds is 4. The molecule has 0 aliphatic carbocycles. The lowest BCUT2D eigenvalue weighted by Gasteiger charge is -2.40. The molecule has 1 amide bonds. The summed E-state index contributed by atoms with van der Waals surface area (Å²) in [5.74, 6) is 1.67. The Morgan fingerprint density at radius 1 is 1.36 bits per heavy atom. The van der Waals surface area contributed by atoms with Gasteiger partial charge in [0.1, 0.15) is 11.4 Å². The number of carbonyl (C=O) groups is 1. The Morgan fingerprint density at radius 2 is 2.07 bits per heavy atom. The van der Waals surface area contributed by atoms with Crippen molar-refractivity contribution >= 4 is 47.1 Å².